The van der Waals surface area contributed by atoms with Crippen molar-refractivity contribution in [1.82, 2.24) is 15.3 Å². The molecule has 1 aromatic heterocycles. The van der Waals surface area contributed by atoms with Gasteiger partial charge in [0.05, 0.1) is 5.52 Å². The fraction of sp³-hybridized carbons (Fsp3) is 0.231. The van der Waals surface area contributed by atoms with Crippen molar-refractivity contribution in [2.24, 2.45) is 0 Å². The van der Waals surface area contributed by atoms with Crippen molar-refractivity contribution in [3.05, 3.63) is 41.7 Å². The molecule has 0 radical (unpaired) electrons. The van der Waals surface area contributed by atoms with Crippen molar-refractivity contribution in [3.63, 3.8) is 0 Å². The molecule has 0 aliphatic rings. The molecule has 0 saturated carbocycles. The van der Waals surface area contributed by atoms with E-state index in [9.17, 15) is 13.6 Å². The van der Waals surface area contributed by atoms with Crippen LogP contribution in [0.15, 0.2) is 24.3 Å². The van der Waals surface area contributed by atoms with Crippen LogP contribution >= 0.6 is 0 Å². The van der Waals surface area contributed by atoms with E-state index < -0.39 is 11.6 Å². The number of amides is 1. The van der Waals surface area contributed by atoms with Gasteiger partial charge in [-0.15, -0.1) is 0 Å². The van der Waals surface area contributed by atoms with E-state index in [2.05, 4.69) is 15.3 Å². The maximum Gasteiger partial charge on any atom is 0.243 e. The summed E-state index contributed by atoms with van der Waals surface area (Å²) >= 11 is 0. The van der Waals surface area contributed by atoms with Crippen molar-refractivity contribution in [2.45, 2.75) is 13.3 Å². The Labute approximate surface area is 108 Å². The highest BCUT2D eigenvalue weighted by atomic mass is 19.2. The molecular formula is C13H13F2N3O. The number of imidazole rings is 1. The summed E-state index contributed by atoms with van der Waals surface area (Å²) in [6, 6.07) is 2.48. The Bertz CT molecular complexity index is 634. The Morgan fingerprint density at radius 1 is 1.47 bits per heavy atom. The van der Waals surface area contributed by atoms with E-state index in [-0.39, 0.29) is 11.4 Å². The van der Waals surface area contributed by atoms with E-state index in [0.29, 0.717) is 24.3 Å². The van der Waals surface area contributed by atoms with Gasteiger partial charge in [-0.25, -0.2) is 13.8 Å². The number of hydrogen-bond acceptors (Lipinski definition) is 2. The Morgan fingerprint density at radius 3 is 3.00 bits per heavy atom. The quantitative estimate of drug-likeness (QED) is 0.831. The first kappa shape index (κ1) is 13.2. The Hall–Kier alpha value is -2.24. The zero-order chi connectivity index (χ0) is 13.8. The highest BCUT2D eigenvalue weighted by molar-refractivity contribution is 5.87. The van der Waals surface area contributed by atoms with Gasteiger partial charge in [-0.1, -0.05) is 6.08 Å². The van der Waals surface area contributed by atoms with Crippen molar-refractivity contribution in [1.29, 1.82) is 0 Å². The van der Waals surface area contributed by atoms with Gasteiger partial charge in [-0.3, -0.25) is 4.79 Å². The highest BCUT2D eigenvalue weighted by Gasteiger charge is 2.11. The van der Waals surface area contributed by atoms with Crippen LogP contribution in [0.5, 0.6) is 0 Å². The molecule has 0 atom stereocenters. The average Bonchev–Trinajstić information content (AvgIpc) is 2.78. The molecular weight excluding hydrogens is 252 g/mol. The molecule has 2 rings (SSSR count). The third kappa shape index (κ3) is 2.96. The fourth-order valence-corrected chi connectivity index (χ4v) is 1.70. The molecule has 19 heavy (non-hydrogen) atoms. The van der Waals surface area contributed by atoms with Crippen LogP contribution in [0.3, 0.4) is 0 Å². The van der Waals surface area contributed by atoms with Crippen molar-refractivity contribution in [2.75, 3.05) is 6.54 Å². The lowest BCUT2D eigenvalue weighted by Crippen LogP contribution is -2.23. The SMILES string of the molecule is C/C=C/C(=O)NCCc1nc2c(F)c(F)ccc2[nH]1. The molecule has 0 saturated heterocycles. The van der Waals surface area contributed by atoms with Crippen LogP contribution in [-0.2, 0) is 11.2 Å². The largest absolute Gasteiger partial charge is 0.352 e. The first-order chi connectivity index (χ1) is 9.11. The molecule has 2 N–H and O–H groups in total. The molecule has 0 bridgehead atoms. The summed E-state index contributed by atoms with van der Waals surface area (Å²) in [4.78, 5) is 18.0. The molecule has 1 heterocycles. The van der Waals surface area contributed by atoms with Gasteiger partial charge in [0.15, 0.2) is 11.6 Å². The number of carbonyl (C=O) groups excluding carboxylic acids is 1. The zero-order valence-electron chi connectivity index (χ0n) is 10.3. The minimum Gasteiger partial charge on any atom is -0.352 e. The van der Waals surface area contributed by atoms with Gasteiger partial charge in [0, 0.05) is 13.0 Å². The number of nitrogens with zero attached hydrogens (tertiary/aromatic N) is 1. The predicted molar refractivity (Wildman–Crippen MR) is 67.5 cm³/mol. The van der Waals surface area contributed by atoms with Gasteiger partial charge >= 0.3 is 0 Å². The first-order valence-electron chi connectivity index (χ1n) is 5.85. The normalized spacial score (nSPS) is 11.3. The lowest BCUT2D eigenvalue weighted by atomic mass is 10.3. The number of hydrogen-bond donors (Lipinski definition) is 2. The van der Waals surface area contributed by atoms with Crippen molar-refractivity contribution >= 4 is 16.9 Å². The summed E-state index contributed by atoms with van der Waals surface area (Å²) in [6.45, 7) is 2.11. The number of allylic oxidation sites excluding steroid dienone is 1. The monoisotopic (exact) mass is 265 g/mol. The molecule has 2 aromatic rings. The number of halogens is 2. The number of benzene rings is 1. The Balaban J connectivity index is 2.06. The molecule has 1 aromatic carbocycles. The Morgan fingerprint density at radius 2 is 2.26 bits per heavy atom. The van der Waals surface area contributed by atoms with Gasteiger partial charge in [0.2, 0.25) is 5.91 Å². The van der Waals surface area contributed by atoms with E-state index >= 15 is 0 Å². The van der Waals surface area contributed by atoms with Crippen LogP contribution in [0.4, 0.5) is 8.78 Å². The van der Waals surface area contributed by atoms with Gasteiger partial charge in [0.25, 0.3) is 0 Å². The molecule has 0 aliphatic heterocycles. The number of rotatable bonds is 4. The van der Waals surface area contributed by atoms with E-state index in [1.807, 2.05) is 0 Å². The second-order valence-electron chi connectivity index (χ2n) is 3.98. The summed E-state index contributed by atoms with van der Waals surface area (Å²) in [5, 5.41) is 2.65. The van der Waals surface area contributed by atoms with Crippen LogP contribution in [0.1, 0.15) is 12.7 Å². The number of aromatic amines is 1. The molecule has 0 unspecified atom stereocenters. The van der Waals surface area contributed by atoms with Gasteiger partial charge in [0.1, 0.15) is 11.3 Å². The molecule has 0 fully saturated rings. The van der Waals surface area contributed by atoms with Gasteiger partial charge in [-0.05, 0) is 25.1 Å². The third-order valence-electron chi connectivity index (χ3n) is 2.57. The van der Waals surface area contributed by atoms with Crippen LogP contribution in [0.2, 0.25) is 0 Å². The number of fused-ring (bicyclic) bond motifs is 1. The maximum atomic E-state index is 13.4. The zero-order valence-corrected chi connectivity index (χ0v) is 10.3. The van der Waals surface area contributed by atoms with Crippen molar-refractivity contribution < 1.29 is 13.6 Å². The first-order valence-corrected chi connectivity index (χ1v) is 5.85. The Kier molecular flexibility index (Phi) is 3.89. The van der Waals surface area contributed by atoms with Gasteiger partial charge in [-0.2, -0.15) is 0 Å². The predicted octanol–water partition coefficient (Wildman–Crippen LogP) is 2.08. The minimum atomic E-state index is -0.960. The maximum absolute atomic E-state index is 13.4. The number of nitrogens with one attached hydrogen (secondary N) is 2. The van der Waals surface area contributed by atoms with Crippen LogP contribution in [-0.4, -0.2) is 22.4 Å². The standard InChI is InChI=1S/C13H13F2N3O/c1-2-3-11(19)16-7-6-10-17-9-5-4-8(14)12(15)13(9)18-10/h2-5H,6-7H2,1H3,(H,16,19)(H,17,18)/b3-2+. The number of H-pyrrole nitrogens is 1. The summed E-state index contributed by atoms with van der Waals surface area (Å²) in [5.74, 6) is -1.58. The summed E-state index contributed by atoms with van der Waals surface area (Å²) in [5.41, 5.74) is 0.420. The van der Waals surface area contributed by atoms with Crippen LogP contribution < -0.4 is 5.32 Å². The highest BCUT2D eigenvalue weighted by Crippen LogP contribution is 2.18. The second kappa shape index (κ2) is 5.60. The molecule has 0 spiro atoms. The van der Waals surface area contributed by atoms with Gasteiger partial charge < -0.3 is 10.3 Å². The molecule has 4 nitrogen and oxygen atoms in total. The summed E-state index contributed by atoms with van der Waals surface area (Å²) < 4.78 is 26.4. The van der Waals surface area contributed by atoms with E-state index in [1.54, 1.807) is 13.0 Å². The topological polar surface area (TPSA) is 57.8 Å². The third-order valence-corrected chi connectivity index (χ3v) is 2.57. The summed E-state index contributed by atoms with van der Waals surface area (Å²) in [7, 11) is 0. The molecule has 0 aliphatic carbocycles. The minimum absolute atomic E-state index is 0.0187. The molecule has 6 heteroatoms. The van der Waals surface area contributed by atoms with E-state index in [4.69, 9.17) is 0 Å². The smallest absolute Gasteiger partial charge is 0.243 e. The number of aromatic nitrogens is 2. The van der Waals surface area contributed by atoms with Crippen molar-refractivity contribution in [3.8, 4) is 0 Å². The average molecular weight is 265 g/mol. The lowest BCUT2D eigenvalue weighted by Gasteiger charge is -1.99. The second-order valence-corrected chi connectivity index (χ2v) is 3.98. The number of carbonyl (C=O) groups is 1. The van der Waals surface area contributed by atoms with E-state index in [1.165, 1.54) is 12.1 Å². The van der Waals surface area contributed by atoms with E-state index in [0.717, 1.165) is 6.07 Å². The fourth-order valence-electron chi connectivity index (χ4n) is 1.70. The molecule has 1 amide bonds. The lowest BCUT2D eigenvalue weighted by molar-refractivity contribution is -0.116. The molecule has 100 valence electrons. The summed E-state index contributed by atoms with van der Waals surface area (Å²) in [6.07, 6.45) is 3.46. The van der Waals surface area contributed by atoms with Crippen LogP contribution in [0, 0.1) is 11.6 Å². The van der Waals surface area contributed by atoms with Crippen LogP contribution in [0.25, 0.3) is 11.0 Å².